The van der Waals surface area contributed by atoms with Crippen LogP contribution in [0.2, 0.25) is 0 Å². The lowest BCUT2D eigenvalue weighted by Gasteiger charge is -2.21. The molecule has 1 aromatic heterocycles. The molecule has 2 rings (SSSR count). The predicted octanol–water partition coefficient (Wildman–Crippen LogP) is 2.59. The van der Waals surface area contributed by atoms with Crippen LogP contribution in [0.15, 0.2) is 40.6 Å². The zero-order chi connectivity index (χ0) is 14.8. The Bertz CT molecular complexity index is 697. The van der Waals surface area contributed by atoms with Crippen molar-refractivity contribution >= 4 is 27.0 Å². The van der Waals surface area contributed by atoms with Crippen LogP contribution >= 0.6 is 11.3 Å². The number of benzene rings is 1. The summed E-state index contributed by atoms with van der Waals surface area (Å²) in [6.45, 7) is 1.67. The maximum Gasteiger partial charge on any atom is 0.273 e. The van der Waals surface area contributed by atoms with Crippen molar-refractivity contribution in [3.63, 3.8) is 0 Å². The molecule has 0 saturated carbocycles. The SMILES string of the molecule is CCN(c1cccc(F)c1)S(=O)(=O)c1ccc(CO)s1. The first-order chi connectivity index (χ1) is 9.48. The van der Waals surface area contributed by atoms with Crippen LogP contribution < -0.4 is 4.31 Å². The molecule has 0 aliphatic heterocycles. The smallest absolute Gasteiger partial charge is 0.273 e. The monoisotopic (exact) mass is 315 g/mol. The van der Waals surface area contributed by atoms with Gasteiger partial charge in [0.1, 0.15) is 10.0 Å². The predicted molar refractivity (Wildman–Crippen MR) is 76.8 cm³/mol. The second-order valence-corrected chi connectivity index (χ2v) is 7.29. The van der Waals surface area contributed by atoms with Crippen LogP contribution in [0.1, 0.15) is 11.8 Å². The molecule has 0 fully saturated rings. The van der Waals surface area contributed by atoms with Gasteiger partial charge >= 0.3 is 0 Å². The van der Waals surface area contributed by atoms with Crippen molar-refractivity contribution < 1.29 is 17.9 Å². The van der Waals surface area contributed by atoms with Crippen LogP contribution in [0.5, 0.6) is 0 Å². The third-order valence-corrected chi connectivity index (χ3v) is 6.16. The molecule has 7 heteroatoms. The summed E-state index contributed by atoms with van der Waals surface area (Å²) in [4.78, 5) is 0.568. The molecule has 0 saturated heterocycles. The van der Waals surface area contributed by atoms with Crippen molar-refractivity contribution in [2.45, 2.75) is 17.7 Å². The van der Waals surface area contributed by atoms with Crippen LogP contribution in [-0.2, 0) is 16.6 Å². The number of halogens is 1. The normalized spacial score (nSPS) is 11.6. The lowest BCUT2D eigenvalue weighted by atomic mass is 10.3. The van der Waals surface area contributed by atoms with E-state index in [0.29, 0.717) is 4.88 Å². The van der Waals surface area contributed by atoms with Crippen LogP contribution in [0, 0.1) is 5.82 Å². The van der Waals surface area contributed by atoms with Gasteiger partial charge in [-0.2, -0.15) is 0 Å². The van der Waals surface area contributed by atoms with Gasteiger partial charge in [0.2, 0.25) is 0 Å². The van der Waals surface area contributed by atoms with Crippen molar-refractivity contribution in [1.82, 2.24) is 0 Å². The molecule has 4 nitrogen and oxygen atoms in total. The van der Waals surface area contributed by atoms with Gasteiger partial charge in [-0.25, -0.2) is 12.8 Å². The molecule has 0 radical (unpaired) electrons. The van der Waals surface area contributed by atoms with Gasteiger partial charge < -0.3 is 5.11 Å². The Morgan fingerprint density at radius 2 is 2.05 bits per heavy atom. The molecule has 0 aliphatic carbocycles. The molecule has 1 aromatic carbocycles. The highest BCUT2D eigenvalue weighted by Gasteiger charge is 2.25. The molecule has 1 heterocycles. The topological polar surface area (TPSA) is 57.6 Å². The fraction of sp³-hybridized carbons (Fsp3) is 0.231. The zero-order valence-electron chi connectivity index (χ0n) is 10.8. The van der Waals surface area contributed by atoms with E-state index in [1.165, 1.54) is 24.3 Å². The van der Waals surface area contributed by atoms with Gasteiger partial charge in [-0.05, 0) is 37.3 Å². The molecule has 20 heavy (non-hydrogen) atoms. The van der Waals surface area contributed by atoms with Crippen molar-refractivity contribution in [3.8, 4) is 0 Å². The van der Waals surface area contributed by atoms with Crippen LogP contribution in [0.4, 0.5) is 10.1 Å². The summed E-state index contributed by atoms with van der Waals surface area (Å²) >= 11 is 1.01. The van der Waals surface area contributed by atoms with Gasteiger partial charge in [-0.1, -0.05) is 6.07 Å². The first kappa shape index (κ1) is 15.0. The van der Waals surface area contributed by atoms with Gasteiger partial charge in [-0.3, -0.25) is 4.31 Å². The fourth-order valence-corrected chi connectivity index (χ4v) is 4.61. The summed E-state index contributed by atoms with van der Waals surface area (Å²) in [5.74, 6) is -0.488. The molecular formula is C13H14FNO3S2. The number of hydrogen-bond donors (Lipinski definition) is 1. The number of aliphatic hydroxyl groups is 1. The van der Waals surface area contributed by atoms with E-state index in [1.54, 1.807) is 19.1 Å². The summed E-state index contributed by atoms with van der Waals surface area (Å²) in [5.41, 5.74) is 0.284. The second kappa shape index (κ2) is 5.90. The molecule has 1 N–H and O–H groups in total. The largest absolute Gasteiger partial charge is 0.391 e. The van der Waals surface area contributed by atoms with Crippen molar-refractivity contribution in [2.75, 3.05) is 10.8 Å². The van der Waals surface area contributed by atoms with E-state index in [4.69, 9.17) is 5.11 Å². The Hall–Kier alpha value is -1.44. The average Bonchev–Trinajstić information content (AvgIpc) is 2.89. The fourth-order valence-electron chi connectivity index (χ4n) is 1.81. The van der Waals surface area contributed by atoms with E-state index in [9.17, 15) is 12.8 Å². The number of aliphatic hydroxyl groups excluding tert-OH is 1. The average molecular weight is 315 g/mol. The van der Waals surface area contributed by atoms with E-state index >= 15 is 0 Å². The third-order valence-electron chi connectivity index (χ3n) is 2.72. The molecule has 0 spiro atoms. The minimum absolute atomic E-state index is 0.132. The van der Waals surface area contributed by atoms with E-state index in [-0.39, 0.29) is 23.0 Å². The Morgan fingerprint density at radius 1 is 1.30 bits per heavy atom. The molecule has 108 valence electrons. The molecule has 0 bridgehead atoms. The Kier molecular flexibility index (Phi) is 4.42. The second-order valence-electron chi connectivity index (χ2n) is 4.03. The molecule has 0 aliphatic rings. The van der Waals surface area contributed by atoms with Gasteiger partial charge in [-0.15, -0.1) is 11.3 Å². The molecule has 0 atom stereocenters. The van der Waals surface area contributed by atoms with E-state index in [0.717, 1.165) is 15.6 Å². The van der Waals surface area contributed by atoms with Crippen LogP contribution in [0.3, 0.4) is 0 Å². The maximum atomic E-state index is 13.3. The number of anilines is 1. The highest BCUT2D eigenvalue weighted by Crippen LogP contribution is 2.28. The summed E-state index contributed by atoms with van der Waals surface area (Å²) in [7, 11) is -3.74. The third kappa shape index (κ3) is 2.84. The first-order valence-electron chi connectivity index (χ1n) is 5.97. The summed E-state index contributed by atoms with van der Waals surface area (Å²) in [6, 6.07) is 8.48. The number of thiophene rings is 1. The lowest BCUT2D eigenvalue weighted by Crippen LogP contribution is -2.30. The van der Waals surface area contributed by atoms with Crippen LogP contribution in [0.25, 0.3) is 0 Å². The molecular weight excluding hydrogens is 301 g/mol. The number of sulfonamides is 1. The quantitative estimate of drug-likeness (QED) is 0.922. The Morgan fingerprint density at radius 3 is 2.60 bits per heavy atom. The van der Waals surface area contributed by atoms with Gasteiger partial charge in [0.25, 0.3) is 10.0 Å². The van der Waals surface area contributed by atoms with Crippen molar-refractivity contribution in [2.24, 2.45) is 0 Å². The van der Waals surface area contributed by atoms with E-state index < -0.39 is 15.8 Å². The first-order valence-corrected chi connectivity index (χ1v) is 8.22. The molecule has 0 amide bonds. The highest BCUT2D eigenvalue weighted by atomic mass is 32.2. The van der Waals surface area contributed by atoms with Gasteiger partial charge in [0.15, 0.2) is 0 Å². The zero-order valence-corrected chi connectivity index (χ0v) is 12.4. The van der Waals surface area contributed by atoms with E-state index in [2.05, 4.69) is 0 Å². The standard InChI is InChI=1S/C13H14FNO3S2/c1-2-15(11-5-3-4-10(14)8-11)20(17,18)13-7-6-12(9-16)19-13/h3-8,16H,2,9H2,1H3. The summed E-state index contributed by atoms with van der Waals surface area (Å²) in [5, 5.41) is 9.02. The number of rotatable bonds is 5. The summed E-state index contributed by atoms with van der Waals surface area (Å²) in [6.07, 6.45) is 0. The summed E-state index contributed by atoms with van der Waals surface area (Å²) < 4.78 is 39.6. The number of hydrogen-bond acceptors (Lipinski definition) is 4. The Labute approximate surface area is 121 Å². The minimum atomic E-state index is -3.74. The van der Waals surface area contributed by atoms with Gasteiger partial charge in [0, 0.05) is 11.4 Å². The lowest BCUT2D eigenvalue weighted by molar-refractivity contribution is 0.285. The number of nitrogens with zero attached hydrogens (tertiary/aromatic N) is 1. The van der Waals surface area contributed by atoms with E-state index in [1.807, 2.05) is 0 Å². The molecule has 2 aromatic rings. The van der Waals surface area contributed by atoms with Crippen LogP contribution in [-0.4, -0.2) is 20.1 Å². The van der Waals surface area contributed by atoms with Gasteiger partial charge in [0.05, 0.1) is 12.3 Å². The highest BCUT2D eigenvalue weighted by molar-refractivity contribution is 7.94. The van der Waals surface area contributed by atoms with Crippen molar-refractivity contribution in [3.05, 3.63) is 47.1 Å². The molecule has 0 unspecified atom stereocenters. The Balaban J connectivity index is 2.44. The van der Waals surface area contributed by atoms with Crippen molar-refractivity contribution in [1.29, 1.82) is 0 Å². The minimum Gasteiger partial charge on any atom is -0.391 e. The maximum absolute atomic E-state index is 13.3.